The van der Waals surface area contributed by atoms with Crippen molar-refractivity contribution in [3.63, 3.8) is 0 Å². The number of phenolic OH excluding ortho intramolecular Hbond substituents is 1. The normalized spacial score (nSPS) is 12.5. The first-order valence-corrected chi connectivity index (χ1v) is 54.2. The van der Waals surface area contributed by atoms with Gasteiger partial charge in [-0.25, -0.2) is 0 Å². The van der Waals surface area contributed by atoms with Gasteiger partial charge in [-0.3, -0.25) is 0 Å². The number of hydrogen-bond donors (Lipinski definition) is 15. The second kappa shape index (κ2) is 59.4. The van der Waals surface area contributed by atoms with Crippen LogP contribution in [-0.4, -0.2) is 225 Å². The van der Waals surface area contributed by atoms with Crippen LogP contribution in [0.2, 0.25) is 0 Å². The van der Waals surface area contributed by atoms with E-state index in [1.54, 1.807) is 13.2 Å². The molecule has 800 valence electrons. The zero-order valence-corrected chi connectivity index (χ0v) is 93.9. The van der Waals surface area contributed by atoms with Crippen LogP contribution in [0.5, 0.6) is 11.5 Å². The Morgan fingerprint density at radius 3 is 1.13 bits per heavy atom. The SMILES string of the molecule is CC(Cc1c[nH]c2ccccc12)N(C)C.CC(N)Cc1c[nH]c2ccccc12.CCC(N)Cc1c[nH]c2ccccc12.CCCCN(C)CCc1c[nH]c2ccccc12.CCN(CC)CCc1c(C)[nH]c2ccccc12.CN(C)CCc1cn(C)c2cccc(O)c12.CNC(C)Cc1c[nH]c2ccccc12.COc1ccc2[nH]cc(CC(C)N)c2c1.Cc1[nH]c2ccccc2c1CC(C)N.Cc1[nH]c2ccccc2c1CCN(C)C. The van der Waals surface area contributed by atoms with E-state index in [9.17, 15) is 5.11 Å². The number of para-hydroxylation sites is 8. The van der Waals surface area contributed by atoms with E-state index in [-0.39, 0.29) is 24.2 Å². The second-order valence-electron chi connectivity index (χ2n) is 41.4. The minimum Gasteiger partial charge on any atom is -0.507 e. The number of ether oxygens (including phenoxy) is 1. The fourth-order valence-electron chi connectivity index (χ4n) is 19.3. The predicted molar refractivity (Wildman–Crippen MR) is 645 cm³/mol. The highest BCUT2D eigenvalue weighted by molar-refractivity contribution is 5.92. The minimum absolute atomic E-state index is 0.176. The Morgan fingerprint density at radius 2 is 0.727 bits per heavy atom. The molecule has 20 rings (SSSR count). The van der Waals surface area contributed by atoms with Crippen molar-refractivity contribution in [2.45, 2.75) is 203 Å². The summed E-state index contributed by atoms with van der Waals surface area (Å²) in [5.41, 5.74) is 52.9. The van der Waals surface area contributed by atoms with Gasteiger partial charge in [0.2, 0.25) is 0 Å². The number of H-pyrrole nitrogens is 9. The standard InChI is InChI=1S/2C15H22N2.C13H18N2O.2C13H18N2.C12H16N2O.3C12H16N2.C11H14N2/c1-4-17(5-2)11-10-13-12(3)16-15-9-7-6-8-14(13)15;1-3-4-10-17(2)11-9-13-12-16-15-8-6-5-7-14(13)15;1-14(2)8-7-10-9-15(3)11-5-4-6-12(16)13(10)11;1-10(15(2)3)8-11-9-14-13-7-5-4-6-12(11)13;1-10-11(8-9-15(2)3)12-6-4-5-7-13(12)14-10;1-8(13)5-9-7-14-12-4-3-10(15-2)6-11(9)12;1-9(13-2)7-10-8-14-12-6-4-3-5-11(10)12;1-8(13)7-11-9(2)14-12-6-4-3-5-10(11)12;1-2-10(13)7-9-8-14-12-6-4-3-5-11(9)12;1-8(12)6-9-7-13-11-5-3-2-4-10(9)11/h6-9,16H,4-5,10-11H2,1-3H3;5-8,12,16H,3-4,9-11H2,1-2H3;4-6,9,16H,7-8H2,1-3H3;4-7,9-10,14H,8H2,1-3H3;4-7,14H,8-9H2,1-3H3;3-4,6-8,14H,5,13H2,1-2H3;3-6,8-9,13-14H,7H2,1-2H3;3-6,8,14H,7,13H2,1-2H3;3-6,8,10,14H,2,7,13H2,1H3;2-5,7-8,13H,6,12H2,1H3. The molecular weight excluding hydrogens is 1850 g/mol. The first kappa shape index (κ1) is 117. The topological polar surface area (TPSA) is 309 Å². The number of aromatic nitrogens is 10. The van der Waals surface area contributed by atoms with Crippen molar-refractivity contribution >= 4 is 109 Å². The minimum atomic E-state index is 0.176. The van der Waals surface area contributed by atoms with Crippen molar-refractivity contribution in [3.05, 3.63) is 347 Å². The molecule has 0 spiro atoms. The highest BCUT2D eigenvalue weighted by Gasteiger charge is 2.18. The largest absolute Gasteiger partial charge is 0.507 e. The molecule has 0 bridgehead atoms. The number of hydrogen-bond acceptors (Lipinski definition) is 12. The van der Waals surface area contributed by atoms with Crippen molar-refractivity contribution in [2.75, 3.05) is 109 Å². The zero-order valence-electron chi connectivity index (χ0n) is 93.9. The maximum Gasteiger partial charge on any atom is 0.125 e. The van der Waals surface area contributed by atoms with Crippen molar-refractivity contribution in [3.8, 4) is 11.5 Å². The highest BCUT2D eigenvalue weighted by Crippen LogP contribution is 2.33. The Kier molecular flexibility index (Phi) is 46.4. The van der Waals surface area contributed by atoms with Gasteiger partial charge < -0.3 is 112 Å². The molecule has 22 heteroatoms. The van der Waals surface area contributed by atoms with Crippen LogP contribution in [0.4, 0.5) is 0 Å². The number of benzene rings is 10. The smallest absolute Gasteiger partial charge is 0.125 e. The first-order valence-electron chi connectivity index (χ1n) is 54.2. The van der Waals surface area contributed by atoms with Gasteiger partial charge in [0.15, 0.2) is 0 Å². The summed E-state index contributed by atoms with van der Waals surface area (Å²) in [6.07, 6.45) is 28.5. The molecule has 22 nitrogen and oxygen atoms in total. The number of nitrogens with one attached hydrogen (secondary N) is 10. The molecule has 10 aromatic heterocycles. The number of fused-ring (bicyclic) bond motifs is 10. The van der Waals surface area contributed by atoms with Gasteiger partial charge in [0.25, 0.3) is 0 Å². The van der Waals surface area contributed by atoms with Gasteiger partial charge in [-0.1, -0.05) is 186 Å². The number of phenols is 1. The van der Waals surface area contributed by atoms with Crippen LogP contribution >= 0.6 is 0 Å². The van der Waals surface area contributed by atoms with Crippen LogP contribution < -0.4 is 33.0 Å². The lowest BCUT2D eigenvalue weighted by molar-refractivity contribution is 0.308. The van der Waals surface area contributed by atoms with Crippen molar-refractivity contribution < 1.29 is 9.84 Å². The molecule has 0 fully saturated rings. The molecule has 0 amide bonds. The van der Waals surface area contributed by atoms with Gasteiger partial charge in [0.1, 0.15) is 11.5 Å². The average molecular weight is 2030 g/mol. The van der Waals surface area contributed by atoms with E-state index in [4.69, 9.17) is 27.7 Å². The van der Waals surface area contributed by atoms with E-state index in [1.165, 1.54) is 185 Å². The number of nitrogens with two attached hydrogens (primary N) is 4. The molecule has 20 aromatic rings. The molecule has 0 radical (unpaired) electrons. The van der Waals surface area contributed by atoms with E-state index in [0.717, 1.165) is 132 Å². The van der Waals surface area contributed by atoms with Gasteiger partial charge in [0.05, 0.1) is 12.6 Å². The van der Waals surface area contributed by atoms with Crippen LogP contribution in [0.25, 0.3) is 109 Å². The fraction of sp³-hybridized carbons (Fsp3) is 0.375. The number of rotatable bonds is 33. The number of methoxy groups -OCH3 is 1. The van der Waals surface area contributed by atoms with Gasteiger partial charge in [-0.05, 0) is 343 Å². The van der Waals surface area contributed by atoms with Crippen LogP contribution in [0.1, 0.15) is 154 Å². The third-order valence-corrected chi connectivity index (χ3v) is 28.4. The quantitative estimate of drug-likeness (QED) is 0.0183. The molecule has 150 heavy (non-hydrogen) atoms. The van der Waals surface area contributed by atoms with Crippen LogP contribution in [-0.2, 0) is 71.3 Å². The van der Waals surface area contributed by atoms with Gasteiger partial charge in [0, 0.05) is 233 Å². The van der Waals surface area contributed by atoms with E-state index < -0.39 is 0 Å². The molecule has 6 atom stereocenters. The summed E-state index contributed by atoms with van der Waals surface area (Å²) in [6, 6.07) is 81.2. The number of nitrogens with zero attached hydrogens (tertiary/aromatic N) is 6. The predicted octanol–water partition coefficient (Wildman–Crippen LogP) is 25.3. The lowest BCUT2D eigenvalue weighted by atomic mass is 10.0. The molecule has 0 saturated heterocycles. The number of aromatic hydroxyl groups is 1. The third-order valence-electron chi connectivity index (χ3n) is 28.4. The third kappa shape index (κ3) is 34.2. The zero-order chi connectivity index (χ0) is 108. The second-order valence-corrected chi connectivity index (χ2v) is 41.4. The van der Waals surface area contributed by atoms with Crippen molar-refractivity contribution in [1.29, 1.82) is 0 Å². The lowest BCUT2D eigenvalue weighted by Crippen LogP contribution is -2.26. The summed E-state index contributed by atoms with van der Waals surface area (Å²) in [7, 11) is 20.5. The van der Waals surface area contributed by atoms with Gasteiger partial charge in [-0.15, -0.1) is 0 Å². The summed E-state index contributed by atoms with van der Waals surface area (Å²) in [4.78, 5) is 41.5. The Morgan fingerprint density at radius 1 is 0.367 bits per heavy atom. The van der Waals surface area contributed by atoms with Gasteiger partial charge >= 0.3 is 0 Å². The Labute approximate surface area is 892 Å². The molecule has 19 N–H and O–H groups in total. The molecule has 0 aliphatic carbocycles. The van der Waals surface area contributed by atoms with Crippen LogP contribution in [0.3, 0.4) is 0 Å². The summed E-state index contributed by atoms with van der Waals surface area (Å²) >= 11 is 0. The first-order chi connectivity index (χ1) is 72.3. The summed E-state index contributed by atoms with van der Waals surface area (Å²) < 4.78 is 7.28. The molecule has 10 heterocycles. The number of aryl methyl sites for hydroxylation is 4. The Balaban J connectivity index is 0.000000158. The summed E-state index contributed by atoms with van der Waals surface area (Å²) in [5.74, 6) is 1.26. The van der Waals surface area contributed by atoms with Crippen LogP contribution in [0.15, 0.2) is 274 Å². The number of unbranched alkanes of at least 4 members (excludes halogenated alkanes) is 1. The highest BCUT2D eigenvalue weighted by atomic mass is 16.5. The lowest BCUT2D eigenvalue weighted by Gasteiger charge is -2.19. The van der Waals surface area contributed by atoms with Crippen molar-refractivity contribution in [2.24, 2.45) is 30.0 Å². The number of likely N-dealkylation sites (N-methyl/N-ethyl adjacent to an activating group) is 6. The molecule has 0 aliphatic rings. The van der Waals surface area contributed by atoms with E-state index >= 15 is 0 Å². The van der Waals surface area contributed by atoms with Gasteiger partial charge in [-0.2, -0.15) is 0 Å². The molecule has 10 aromatic carbocycles. The van der Waals surface area contributed by atoms with E-state index in [2.05, 4.69) is 398 Å². The molecule has 0 saturated carbocycles. The fourth-order valence-corrected chi connectivity index (χ4v) is 19.3. The molecule has 0 aliphatic heterocycles. The van der Waals surface area contributed by atoms with E-state index in [1.807, 2.05) is 95.8 Å². The molecule has 6 unspecified atom stereocenters. The summed E-state index contributed by atoms with van der Waals surface area (Å²) in [6.45, 7) is 33.7. The van der Waals surface area contributed by atoms with Crippen molar-refractivity contribution in [1.82, 2.24) is 79.2 Å². The Hall–Kier alpha value is -13.2. The van der Waals surface area contributed by atoms with Crippen LogP contribution in [0, 0.1) is 20.8 Å². The summed E-state index contributed by atoms with van der Waals surface area (Å²) in [5, 5.41) is 26.1. The molecular formula is C128H176N20O2. The Bertz CT molecular complexity index is 7270. The van der Waals surface area contributed by atoms with E-state index in [0.29, 0.717) is 17.8 Å². The monoisotopic (exact) mass is 2030 g/mol. The average Bonchev–Trinajstić information content (AvgIpc) is 1.64. The number of aromatic amines is 9. The maximum atomic E-state index is 9.90. The maximum absolute atomic E-state index is 9.90.